The number of likely N-dealkylation sites (N-methyl/N-ethyl adjacent to an activating group) is 1. The molecule has 252 valence electrons. The highest BCUT2D eigenvalue weighted by atomic mass is 16.6. The Morgan fingerprint density at radius 1 is 0.509 bits per heavy atom. The number of rotatable bonds is 6. The summed E-state index contributed by atoms with van der Waals surface area (Å²) in [6.45, 7) is 8.61. The smallest absolute Gasteiger partial charge is 0.193 e. The summed E-state index contributed by atoms with van der Waals surface area (Å²) in [6.07, 6.45) is 1.71. The summed E-state index contributed by atoms with van der Waals surface area (Å²) in [5.74, 6) is 2.37. The van der Waals surface area contributed by atoms with Crippen LogP contribution in [0.5, 0.6) is 11.5 Å². The van der Waals surface area contributed by atoms with Gasteiger partial charge < -0.3 is 14.4 Å². The lowest BCUT2D eigenvalue weighted by Gasteiger charge is -2.32. The van der Waals surface area contributed by atoms with Crippen LogP contribution in [0.2, 0.25) is 0 Å². The molecule has 0 saturated heterocycles. The first-order valence-corrected chi connectivity index (χ1v) is 18.0. The molecule has 0 atom stereocenters. The maximum absolute atomic E-state index is 6.77. The lowest BCUT2D eigenvalue weighted by Crippen LogP contribution is -2.26. The topological polar surface area (TPSA) is 21.7 Å². The van der Waals surface area contributed by atoms with E-state index < -0.39 is 5.41 Å². The van der Waals surface area contributed by atoms with E-state index in [1.54, 1.807) is 6.08 Å². The molecule has 0 N–H and O–H groups in total. The van der Waals surface area contributed by atoms with Crippen LogP contribution in [0.25, 0.3) is 44.5 Å². The molecule has 0 amide bonds. The largest absolute Gasteiger partial charge is 0.449 e. The predicted octanol–water partition coefficient (Wildman–Crippen LogP) is 12.2. The molecule has 7 aromatic rings. The maximum Gasteiger partial charge on any atom is 0.193 e. The number of fused-ring (bicyclic) bond motifs is 11. The fraction of sp³-hybridized carbons (Fsp3) is 0.0400. The van der Waals surface area contributed by atoms with Crippen LogP contribution in [0.3, 0.4) is 0 Å². The van der Waals surface area contributed by atoms with Crippen LogP contribution >= 0.6 is 0 Å². The van der Waals surface area contributed by atoms with Crippen molar-refractivity contribution in [2.45, 2.75) is 5.41 Å². The second kappa shape index (κ2) is 11.9. The van der Waals surface area contributed by atoms with Crippen molar-refractivity contribution in [3.8, 4) is 56.0 Å². The molecule has 1 heterocycles. The molecule has 3 heteroatoms. The first-order valence-electron chi connectivity index (χ1n) is 18.0. The molecule has 0 fully saturated rings. The third-order valence-corrected chi connectivity index (χ3v) is 11.1. The summed E-state index contributed by atoms with van der Waals surface area (Å²) in [6, 6.07) is 58.3. The fourth-order valence-electron chi connectivity index (χ4n) is 8.70. The van der Waals surface area contributed by atoms with Crippen molar-refractivity contribution in [3.05, 3.63) is 222 Å². The molecular weight excluding hydrogens is 647 g/mol. The molecule has 3 nitrogen and oxygen atoms in total. The molecule has 10 rings (SSSR count). The quantitative estimate of drug-likeness (QED) is 0.174. The number of nitrogens with zero attached hydrogens (tertiary/aromatic N) is 1. The van der Waals surface area contributed by atoms with Crippen LogP contribution < -0.4 is 14.4 Å². The third-order valence-electron chi connectivity index (χ3n) is 11.1. The molecule has 0 bridgehead atoms. The van der Waals surface area contributed by atoms with Crippen LogP contribution in [0, 0.1) is 0 Å². The molecule has 1 spiro atoms. The number of anilines is 1. The summed E-state index contributed by atoms with van der Waals surface area (Å²) < 4.78 is 13.5. The van der Waals surface area contributed by atoms with Gasteiger partial charge in [-0.25, -0.2) is 0 Å². The molecule has 3 aliphatic rings. The second-order valence-corrected chi connectivity index (χ2v) is 13.8. The van der Waals surface area contributed by atoms with E-state index in [1.165, 1.54) is 55.6 Å². The Labute approximate surface area is 310 Å². The van der Waals surface area contributed by atoms with Gasteiger partial charge in [0.1, 0.15) is 0 Å². The Morgan fingerprint density at radius 2 is 0.981 bits per heavy atom. The average Bonchev–Trinajstić information content (AvgIpc) is 3.69. The zero-order valence-corrected chi connectivity index (χ0v) is 29.3. The van der Waals surface area contributed by atoms with Gasteiger partial charge in [-0.05, 0) is 97.1 Å². The van der Waals surface area contributed by atoms with Crippen LogP contribution in [0.1, 0.15) is 22.3 Å². The number of allylic oxidation sites excluding steroid dienone is 1. The van der Waals surface area contributed by atoms with E-state index in [-0.39, 0.29) is 0 Å². The summed E-state index contributed by atoms with van der Waals surface area (Å²) >= 11 is 0. The van der Waals surface area contributed by atoms with E-state index in [0.717, 1.165) is 16.8 Å². The van der Waals surface area contributed by atoms with Crippen LogP contribution in [-0.2, 0) is 5.41 Å². The van der Waals surface area contributed by atoms with Gasteiger partial charge in [-0.3, -0.25) is 0 Å². The predicted molar refractivity (Wildman–Crippen MR) is 216 cm³/mol. The first kappa shape index (κ1) is 30.9. The highest BCUT2D eigenvalue weighted by Crippen LogP contribution is 2.64. The Hall–Kier alpha value is -6.84. The molecule has 7 aromatic carbocycles. The molecule has 2 aliphatic carbocycles. The lowest BCUT2D eigenvalue weighted by atomic mass is 9.70. The fourth-order valence-corrected chi connectivity index (χ4v) is 8.70. The highest BCUT2D eigenvalue weighted by molar-refractivity contribution is 5.96. The van der Waals surface area contributed by atoms with Gasteiger partial charge in [-0.15, -0.1) is 0 Å². The van der Waals surface area contributed by atoms with Crippen LogP contribution in [0.15, 0.2) is 200 Å². The standard InChI is InChI=1S/C50H35NO2/c1-4-46-49(32(2)51(3)35-28-26-34(27-29-35)37-19-9-8-18-36(37)33-16-6-5-7-17-33)53-47-30-41-40-22-12-15-25-44(40)50(45(41)31-48(47)52-46)42-23-13-10-20-38(42)39-21-11-14-24-43(39)50/h4-31H,1-2H2,3H3. The summed E-state index contributed by atoms with van der Waals surface area (Å²) in [5.41, 5.74) is 15.8. The zero-order valence-electron chi connectivity index (χ0n) is 29.3. The Morgan fingerprint density at radius 3 is 1.55 bits per heavy atom. The van der Waals surface area contributed by atoms with Gasteiger partial charge in [0, 0.05) is 12.7 Å². The van der Waals surface area contributed by atoms with Gasteiger partial charge in [-0.2, -0.15) is 0 Å². The van der Waals surface area contributed by atoms with Crippen molar-refractivity contribution >= 4 is 5.69 Å². The first-order chi connectivity index (χ1) is 26.1. The van der Waals surface area contributed by atoms with Crippen molar-refractivity contribution in [2.75, 3.05) is 11.9 Å². The van der Waals surface area contributed by atoms with Crippen LogP contribution in [0.4, 0.5) is 5.69 Å². The lowest BCUT2D eigenvalue weighted by molar-refractivity contribution is 0.310. The Bertz CT molecular complexity index is 2620. The number of benzene rings is 7. The van der Waals surface area contributed by atoms with Gasteiger partial charge in [-0.1, -0.05) is 153 Å². The summed E-state index contributed by atoms with van der Waals surface area (Å²) in [5, 5.41) is 0. The number of hydrogen-bond acceptors (Lipinski definition) is 3. The molecule has 0 saturated carbocycles. The van der Waals surface area contributed by atoms with Crippen molar-refractivity contribution < 1.29 is 9.47 Å². The van der Waals surface area contributed by atoms with E-state index in [0.29, 0.717) is 28.7 Å². The van der Waals surface area contributed by atoms with Gasteiger partial charge in [0.25, 0.3) is 0 Å². The summed E-state index contributed by atoms with van der Waals surface area (Å²) in [7, 11) is 2.00. The van der Waals surface area contributed by atoms with Gasteiger partial charge >= 0.3 is 0 Å². The van der Waals surface area contributed by atoms with Crippen molar-refractivity contribution in [2.24, 2.45) is 0 Å². The Balaban J connectivity index is 1.01. The number of hydrogen-bond donors (Lipinski definition) is 0. The second-order valence-electron chi connectivity index (χ2n) is 13.8. The summed E-state index contributed by atoms with van der Waals surface area (Å²) in [4.78, 5) is 2.03. The molecule has 53 heavy (non-hydrogen) atoms. The van der Waals surface area contributed by atoms with Gasteiger partial charge in [0.2, 0.25) is 0 Å². The number of ether oxygens (including phenoxy) is 2. The minimum Gasteiger partial charge on any atom is -0.449 e. The monoisotopic (exact) mass is 681 g/mol. The normalized spacial score (nSPS) is 13.9. The van der Waals surface area contributed by atoms with E-state index in [9.17, 15) is 0 Å². The minimum absolute atomic E-state index is 0.465. The van der Waals surface area contributed by atoms with E-state index in [4.69, 9.17) is 9.47 Å². The molecule has 0 aromatic heterocycles. The third kappa shape index (κ3) is 4.47. The van der Waals surface area contributed by atoms with Gasteiger partial charge in [0.05, 0.1) is 11.1 Å². The van der Waals surface area contributed by atoms with Crippen LogP contribution in [-0.4, -0.2) is 7.05 Å². The molecule has 1 aliphatic heterocycles. The van der Waals surface area contributed by atoms with E-state index in [2.05, 4.69) is 171 Å². The van der Waals surface area contributed by atoms with Gasteiger partial charge in [0.15, 0.2) is 23.0 Å². The zero-order chi connectivity index (χ0) is 35.7. The minimum atomic E-state index is -0.465. The average molecular weight is 682 g/mol. The SMILES string of the molecule is C=CC1=C(C(=C)N(C)c2ccc(-c3ccccc3-c3ccccc3)cc2)Oc2cc3c(cc2O1)C1(c2ccccc2-c2ccccc21)c1ccccc1-3. The van der Waals surface area contributed by atoms with E-state index >= 15 is 0 Å². The highest BCUT2D eigenvalue weighted by Gasteiger charge is 2.52. The van der Waals surface area contributed by atoms with Crippen molar-refractivity contribution in [1.82, 2.24) is 0 Å². The van der Waals surface area contributed by atoms with Crippen molar-refractivity contribution in [1.29, 1.82) is 0 Å². The Kier molecular flexibility index (Phi) is 6.93. The van der Waals surface area contributed by atoms with Crippen molar-refractivity contribution in [3.63, 3.8) is 0 Å². The van der Waals surface area contributed by atoms with E-state index in [1.807, 2.05) is 18.0 Å². The molecule has 0 unspecified atom stereocenters. The maximum atomic E-state index is 6.77. The molecular formula is C50H35NO2. The molecule has 0 radical (unpaired) electrons.